The third-order valence-electron chi connectivity index (χ3n) is 1.73. The van der Waals surface area contributed by atoms with Gasteiger partial charge >= 0.3 is 12.1 Å². The molecular weight excluding hydrogens is 245 g/mol. The van der Waals surface area contributed by atoms with Gasteiger partial charge in [-0.05, 0) is 23.8 Å². The van der Waals surface area contributed by atoms with Crippen LogP contribution in [0.4, 0.5) is 13.2 Å². The van der Waals surface area contributed by atoms with Gasteiger partial charge in [0.15, 0.2) is 0 Å². The van der Waals surface area contributed by atoms with Crippen molar-refractivity contribution in [2.75, 3.05) is 0 Å². The molecular formula is C10H6ClF3O2. The van der Waals surface area contributed by atoms with Crippen LogP contribution in [0.25, 0.3) is 6.08 Å². The van der Waals surface area contributed by atoms with Crippen molar-refractivity contribution in [3.63, 3.8) is 0 Å². The summed E-state index contributed by atoms with van der Waals surface area (Å²) in [5, 5.41) is 8.27. The van der Waals surface area contributed by atoms with Crippen molar-refractivity contribution in [2.45, 2.75) is 6.18 Å². The van der Waals surface area contributed by atoms with Gasteiger partial charge in [0.05, 0.1) is 5.56 Å². The number of rotatable bonds is 2. The van der Waals surface area contributed by atoms with E-state index >= 15 is 0 Å². The number of halogens is 4. The van der Waals surface area contributed by atoms with Gasteiger partial charge in [-0.15, -0.1) is 0 Å². The van der Waals surface area contributed by atoms with E-state index in [1.165, 1.54) is 6.07 Å². The molecule has 1 rings (SSSR count). The van der Waals surface area contributed by atoms with Crippen LogP contribution in [0.15, 0.2) is 24.3 Å². The Morgan fingerprint density at radius 1 is 1.38 bits per heavy atom. The van der Waals surface area contributed by atoms with E-state index in [0.717, 1.165) is 18.2 Å². The van der Waals surface area contributed by atoms with E-state index in [0.29, 0.717) is 6.08 Å². The molecule has 0 fully saturated rings. The molecule has 0 aliphatic rings. The first-order chi connectivity index (χ1) is 7.30. The molecule has 0 saturated heterocycles. The summed E-state index contributed by atoms with van der Waals surface area (Å²) in [5.41, 5.74) is -1.20. The van der Waals surface area contributed by atoms with Crippen molar-refractivity contribution < 1.29 is 23.1 Å². The van der Waals surface area contributed by atoms with Crippen molar-refractivity contribution >= 4 is 23.6 Å². The molecule has 0 aromatic heterocycles. The zero-order valence-electron chi connectivity index (χ0n) is 7.75. The van der Waals surface area contributed by atoms with Crippen molar-refractivity contribution in [3.8, 4) is 0 Å². The van der Waals surface area contributed by atoms with E-state index in [-0.39, 0.29) is 10.6 Å². The number of alkyl halides is 3. The average Bonchev–Trinajstić information content (AvgIpc) is 2.14. The minimum absolute atomic E-state index is 0.0557. The summed E-state index contributed by atoms with van der Waals surface area (Å²) in [6.45, 7) is 0. The summed E-state index contributed by atoms with van der Waals surface area (Å²) in [7, 11) is 0. The number of carboxylic acids is 1. The Labute approximate surface area is 94.0 Å². The number of carboxylic acid groups (broad SMARTS) is 1. The molecule has 0 bridgehead atoms. The minimum Gasteiger partial charge on any atom is -0.478 e. The smallest absolute Gasteiger partial charge is 0.417 e. The summed E-state index contributed by atoms with van der Waals surface area (Å²) >= 11 is 5.45. The second-order valence-electron chi connectivity index (χ2n) is 2.90. The second kappa shape index (κ2) is 4.57. The highest BCUT2D eigenvalue weighted by Gasteiger charge is 2.32. The zero-order chi connectivity index (χ0) is 12.3. The zero-order valence-corrected chi connectivity index (χ0v) is 8.51. The normalized spacial score (nSPS) is 12.0. The first-order valence-corrected chi connectivity index (χ1v) is 4.46. The van der Waals surface area contributed by atoms with Gasteiger partial charge in [0.25, 0.3) is 0 Å². The van der Waals surface area contributed by atoms with Crippen LogP contribution in [0.2, 0.25) is 5.02 Å². The van der Waals surface area contributed by atoms with E-state index in [9.17, 15) is 18.0 Å². The lowest BCUT2D eigenvalue weighted by Gasteiger charge is -2.10. The van der Waals surface area contributed by atoms with Gasteiger partial charge in [-0.3, -0.25) is 0 Å². The lowest BCUT2D eigenvalue weighted by Crippen LogP contribution is -2.07. The first kappa shape index (κ1) is 12.6. The number of aliphatic carboxylic acids is 1. The van der Waals surface area contributed by atoms with Crippen molar-refractivity contribution in [2.24, 2.45) is 0 Å². The molecule has 0 atom stereocenters. The van der Waals surface area contributed by atoms with Gasteiger partial charge in [0, 0.05) is 11.1 Å². The lowest BCUT2D eigenvalue weighted by atomic mass is 10.1. The maximum absolute atomic E-state index is 12.5. The predicted octanol–water partition coefficient (Wildman–Crippen LogP) is 3.46. The summed E-state index contributed by atoms with van der Waals surface area (Å²) in [6, 6.07) is 3.13. The Bertz CT molecular complexity index is 438. The van der Waals surface area contributed by atoms with Gasteiger partial charge in [-0.1, -0.05) is 17.7 Å². The van der Waals surface area contributed by atoms with Crippen LogP contribution in [-0.2, 0) is 11.0 Å². The number of carbonyl (C=O) groups is 1. The molecule has 0 saturated carbocycles. The molecule has 0 aliphatic carbocycles. The highest BCUT2D eigenvalue weighted by Crippen LogP contribution is 2.34. The quantitative estimate of drug-likeness (QED) is 0.816. The molecule has 2 nitrogen and oxygen atoms in total. The van der Waals surface area contributed by atoms with Gasteiger partial charge in [-0.25, -0.2) is 4.79 Å². The third kappa shape index (κ3) is 3.27. The molecule has 86 valence electrons. The molecule has 1 N–H and O–H groups in total. The van der Waals surface area contributed by atoms with Crippen LogP contribution in [0, 0.1) is 0 Å². The van der Waals surface area contributed by atoms with Crippen LogP contribution in [0.5, 0.6) is 0 Å². The topological polar surface area (TPSA) is 37.3 Å². The number of benzene rings is 1. The van der Waals surface area contributed by atoms with E-state index in [2.05, 4.69) is 0 Å². The predicted molar refractivity (Wildman–Crippen MR) is 53.1 cm³/mol. The molecule has 1 aromatic rings. The minimum atomic E-state index is -4.57. The van der Waals surface area contributed by atoms with Crippen molar-refractivity contribution in [3.05, 3.63) is 40.4 Å². The monoisotopic (exact) mass is 250 g/mol. The number of hydrogen-bond acceptors (Lipinski definition) is 1. The largest absolute Gasteiger partial charge is 0.478 e. The van der Waals surface area contributed by atoms with Crippen molar-refractivity contribution in [1.29, 1.82) is 0 Å². The molecule has 6 heteroatoms. The van der Waals surface area contributed by atoms with Crippen molar-refractivity contribution in [1.82, 2.24) is 0 Å². The van der Waals surface area contributed by atoms with E-state index in [1.54, 1.807) is 0 Å². The Kier molecular flexibility index (Phi) is 3.59. The lowest BCUT2D eigenvalue weighted by molar-refractivity contribution is -0.138. The summed E-state index contributed by atoms with van der Waals surface area (Å²) in [5.74, 6) is -1.32. The van der Waals surface area contributed by atoms with E-state index < -0.39 is 17.7 Å². The fourth-order valence-corrected chi connectivity index (χ4v) is 1.25. The maximum Gasteiger partial charge on any atom is 0.417 e. The highest BCUT2D eigenvalue weighted by molar-refractivity contribution is 6.30. The van der Waals surface area contributed by atoms with Gasteiger partial charge in [0.2, 0.25) is 0 Å². The van der Waals surface area contributed by atoms with Crippen LogP contribution in [-0.4, -0.2) is 11.1 Å². The Balaban J connectivity index is 3.23. The molecule has 0 spiro atoms. The van der Waals surface area contributed by atoms with Gasteiger partial charge < -0.3 is 5.11 Å². The Morgan fingerprint density at radius 2 is 2.00 bits per heavy atom. The fourth-order valence-electron chi connectivity index (χ4n) is 1.08. The van der Waals surface area contributed by atoms with Crippen LogP contribution in [0.1, 0.15) is 11.1 Å². The molecule has 1 aromatic carbocycles. The van der Waals surface area contributed by atoms with E-state index in [1.807, 2.05) is 0 Å². The molecule has 0 heterocycles. The summed E-state index contributed by atoms with van der Waals surface area (Å²) < 4.78 is 37.5. The van der Waals surface area contributed by atoms with Crippen LogP contribution >= 0.6 is 11.6 Å². The van der Waals surface area contributed by atoms with Gasteiger partial charge in [-0.2, -0.15) is 13.2 Å². The average molecular weight is 251 g/mol. The fraction of sp³-hybridized carbons (Fsp3) is 0.100. The molecule has 0 amide bonds. The maximum atomic E-state index is 12.5. The molecule has 0 aliphatic heterocycles. The summed E-state index contributed by atoms with van der Waals surface area (Å²) in [6.07, 6.45) is -3.05. The highest BCUT2D eigenvalue weighted by atomic mass is 35.5. The van der Waals surface area contributed by atoms with Crippen LogP contribution < -0.4 is 0 Å². The third-order valence-corrected chi connectivity index (χ3v) is 1.96. The number of hydrogen-bond donors (Lipinski definition) is 1. The SMILES string of the molecule is O=C(O)/C=C\c1ccc(Cl)cc1C(F)(F)F. The first-order valence-electron chi connectivity index (χ1n) is 4.08. The Hall–Kier alpha value is -1.49. The Morgan fingerprint density at radius 3 is 2.50 bits per heavy atom. The van der Waals surface area contributed by atoms with Crippen LogP contribution in [0.3, 0.4) is 0 Å². The van der Waals surface area contributed by atoms with E-state index in [4.69, 9.17) is 16.7 Å². The molecule has 16 heavy (non-hydrogen) atoms. The van der Waals surface area contributed by atoms with Gasteiger partial charge in [0.1, 0.15) is 0 Å². The standard InChI is InChI=1S/C10H6ClF3O2/c11-7-3-1-6(2-4-9(15)16)8(5-7)10(12,13)14/h1-5H,(H,15,16)/b4-2-. The molecule has 0 radical (unpaired) electrons. The summed E-state index contributed by atoms with van der Waals surface area (Å²) in [4.78, 5) is 10.2. The molecule has 0 unspecified atom stereocenters. The second-order valence-corrected chi connectivity index (χ2v) is 3.34.